The van der Waals surface area contributed by atoms with Gasteiger partial charge in [0.1, 0.15) is 5.75 Å². The Morgan fingerprint density at radius 3 is 2.31 bits per heavy atom. The molecule has 136 valence electrons. The molecular formula is C20H22N2O4. The highest BCUT2D eigenvalue weighted by Gasteiger charge is 2.18. The second-order valence-electron chi connectivity index (χ2n) is 5.74. The van der Waals surface area contributed by atoms with Crippen LogP contribution in [0, 0.1) is 0 Å². The van der Waals surface area contributed by atoms with Crippen molar-refractivity contribution in [3.63, 3.8) is 0 Å². The topological polar surface area (TPSA) is 61.7 Å². The van der Waals surface area contributed by atoms with Gasteiger partial charge in [0.2, 0.25) is 0 Å². The second kappa shape index (κ2) is 7.39. The zero-order valence-electron chi connectivity index (χ0n) is 15.3. The number of hydrogen-bond donors (Lipinski definition) is 1. The van der Waals surface area contributed by atoms with E-state index in [2.05, 4.69) is 16.8 Å². The molecule has 6 heteroatoms. The molecule has 1 aromatic heterocycles. The number of carbonyl (C=O) groups excluding carboxylic acids is 1. The number of benzene rings is 2. The Hall–Kier alpha value is -3.15. The van der Waals surface area contributed by atoms with Crippen molar-refractivity contribution in [2.24, 2.45) is 0 Å². The van der Waals surface area contributed by atoms with Crippen LogP contribution in [0.4, 0.5) is 5.69 Å². The second-order valence-corrected chi connectivity index (χ2v) is 5.74. The summed E-state index contributed by atoms with van der Waals surface area (Å²) in [5, 5.41) is 3.99. The van der Waals surface area contributed by atoms with Gasteiger partial charge in [0.25, 0.3) is 5.91 Å². The van der Waals surface area contributed by atoms with Crippen molar-refractivity contribution in [3.05, 3.63) is 48.2 Å². The minimum absolute atomic E-state index is 0.280. The number of aryl methyl sites for hydroxylation is 1. The number of methoxy groups -OCH3 is 3. The van der Waals surface area contributed by atoms with E-state index in [0.29, 0.717) is 28.5 Å². The molecule has 1 amide bonds. The van der Waals surface area contributed by atoms with Crippen LogP contribution in [0.15, 0.2) is 42.6 Å². The van der Waals surface area contributed by atoms with Crippen molar-refractivity contribution in [2.75, 3.05) is 26.6 Å². The lowest BCUT2D eigenvalue weighted by Crippen LogP contribution is -2.13. The van der Waals surface area contributed by atoms with Crippen LogP contribution in [0.1, 0.15) is 17.3 Å². The lowest BCUT2D eigenvalue weighted by molar-refractivity contribution is 0.102. The van der Waals surface area contributed by atoms with Crippen LogP contribution in [-0.4, -0.2) is 31.8 Å². The van der Waals surface area contributed by atoms with Crippen LogP contribution < -0.4 is 19.5 Å². The first-order chi connectivity index (χ1) is 12.6. The zero-order valence-corrected chi connectivity index (χ0v) is 15.3. The Kier molecular flexibility index (Phi) is 5.02. The molecule has 0 aliphatic rings. The van der Waals surface area contributed by atoms with Gasteiger partial charge >= 0.3 is 0 Å². The Balaban J connectivity index is 1.92. The molecule has 0 aliphatic carbocycles. The number of ether oxygens (including phenoxy) is 3. The van der Waals surface area contributed by atoms with Crippen molar-refractivity contribution in [1.29, 1.82) is 0 Å². The largest absolute Gasteiger partial charge is 0.496 e. The highest BCUT2D eigenvalue weighted by molar-refractivity contribution is 6.07. The fourth-order valence-corrected chi connectivity index (χ4v) is 2.96. The van der Waals surface area contributed by atoms with Crippen molar-refractivity contribution in [2.45, 2.75) is 13.5 Å². The lowest BCUT2D eigenvalue weighted by atomic mass is 10.1. The summed E-state index contributed by atoms with van der Waals surface area (Å²) >= 11 is 0. The summed E-state index contributed by atoms with van der Waals surface area (Å²) in [4.78, 5) is 12.8. The van der Waals surface area contributed by atoms with Crippen molar-refractivity contribution in [1.82, 2.24) is 4.57 Å². The number of nitrogens with zero attached hydrogens (tertiary/aromatic N) is 1. The summed E-state index contributed by atoms with van der Waals surface area (Å²) in [6, 6.07) is 11.1. The highest BCUT2D eigenvalue weighted by Crippen LogP contribution is 2.35. The number of hydrogen-bond acceptors (Lipinski definition) is 4. The SMILES string of the molecule is CCn1ccc2cc(NC(=O)c3cc(OC)c(OC)cc3OC)ccc21. The van der Waals surface area contributed by atoms with Crippen LogP contribution in [0.25, 0.3) is 10.9 Å². The summed E-state index contributed by atoms with van der Waals surface area (Å²) < 4.78 is 18.0. The number of amides is 1. The van der Waals surface area contributed by atoms with Gasteiger partial charge < -0.3 is 24.1 Å². The standard InChI is InChI=1S/C20H22N2O4/c1-5-22-9-8-13-10-14(6-7-16(13)22)21-20(23)15-11-18(25-3)19(26-4)12-17(15)24-2/h6-12H,5H2,1-4H3,(H,21,23). The maximum atomic E-state index is 12.8. The molecular weight excluding hydrogens is 332 g/mol. The van der Waals surface area contributed by atoms with E-state index in [1.54, 1.807) is 12.1 Å². The molecule has 0 saturated heterocycles. The molecule has 3 aromatic rings. The van der Waals surface area contributed by atoms with E-state index in [1.165, 1.54) is 21.3 Å². The van der Waals surface area contributed by atoms with E-state index in [-0.39, 0.29) is 5.91 Å². The van der Waals surface area contributed by atoms with Crippen LogP contribution in [0.5, 0.6) is 17.2 Å². The van der Waals surface area contributed by atoms with Crippen LogP contribution in [0.2, 0.25) is 0 Å². The molecule has 0 fully saturated rings. The van der Waals surface area contributed by atoms with Crippen molar-refractivity contribution < 1.29 is 19.0 Å². The minimum atomic E-state index is -0.280. The molecule has 0 unspecified atom stereocenters. The van der Waals surface area contributed by atoms with Gasteiger partial charge in [-0.1, -0.05) is 0 Å². The fourth-order valence-electron chi connectivity index (χ4n) is 2.96. The first kappa shape index (κ1) is 17.7. The lowest BCUT2D eigenvalue weighted by Gasteiger charge is -2.14. The van der Waals surface area contributed by atoms with Gasteiger partial charge in [0.05, 0.1) is 26.9 Å². The number of aromatic nitrogens is 1. The van der Waals surface area contributed by atoms with Gasteiger partial charge in [-0.25, -0.2) is 0 Å². The zero-order chi connectivity index (χ0) is 18.7. The van der Waals surface area contributed by atoms with Crippen LogP contribution >= 0.6 is 0 Å². The van der Waals surface area contributed by atoms with Gasteiger partial charge in [-0.2, -0.15) is 0 Å². The highest BCUT2D eigenvalue weighted by atomic mass is 16.5. The fraction of sp³-hybridized carbons (Fsp3) is 0.250. The average Bonchev–Trinajstić information content (AvgIpc) is 3.08. The van der Waals surface area contributed by atoms with Gasteiger partial charge in [-0.3, -0.25) is 4.79 Å². The molecule has 2 aromatic carbocycles. The molecule has 1 heterocycles. The quantitative estimate of drug-likeness (QED) is 0.728. The number of anilines is 1. The number of fused-ring (bicyclic) bond motifs is 1. The maximum Gasteiger partial charge on any atom is 0.259 e. The molecule has 0 bridgehead atoms. The number of carbonyl (C=O) groups is 1. The van der Waals surface area contributed by atoms with E-state index in [0.717, 1.165) is 17.4 Å². The van der Waals surface area contributed by atoms with E-state index in [1.807, 2.05) is 30.5 Å². The van der Waals surface area contributed by atoms with Gasteiger partial charge in [-0.05, 0) is 31.2 Å². The molecule has 0 spiro atoms. The first-order valence-electron chi connectivity index (χ1n) is 8.31. The third kappa shape index (κ3) is 3.18. The van der Waals surface area contributed by atoms with Crippen molar-refractivity contribution >= 4 is 22.5 Å². The Morgan fingerprint density at radius 1 is 0.962 bits per heavy atom. The minimum Gasteiger partial charge on any atom is -0.496 e. The smallest absolute Gasteiger partial charge is 0.259 e. The molecule has 0 saturated carbocycles. The summed E-state index contributed by atoms with van der Waals surface area (Å²) in [5.41, 5.74) is 2.22. The summed E-state index contributed by atoms with van der Waals surface area (Å²) in [7, 11) is 4.57. The summed E-state index contributed by atoms with van der Waals surface area (Å²) in [5.74, 6) is 1.10. The Labute approximate surface area is 152 Å². The number of rotatable bonds is 6. The van der Waals surface area contributed by atoms with Gasteiger partial charge in [0.15, 0.2) is 11.5 Å². The number of nitrogens with one attached hydrogen (secondary N) is 1. The molecule has 0 radical (unpaired) electrons. The predicted molar refractivity (Wildman–Crippen MR) is 102 cm³/mol. The maximum absolute atomic E-state index is 12.8. The first-order valence-corrected chi connectivity index (χ1v) is 8.31. The van der Waals surface area contributed by atoms with Crippen LogP contribution in [0.3, 0.4) is 0 Å². The van der Waals surface area contributed by atoms with E-state index in [4.69, 9.17) is 14.2 Å². The van der Waals surface area contributed by atoms with E-state index >= 15 is 0 Å². The third-order valence-corrected chi connectivity index (χ3v) is 4.32. The van der Waals surface area contributed by atoms with E-state index < -0.39 is 0 Å². The Morgan fingerprint density at radius 2 is 1.65 bits per heavy atom. The normalized spacial score (nSPS) is 10.6. The predicted octanol–water partition coefficient (Wildman–Crippen LogP) is 3.94. The molecule has 6 nitrogen and oxygen atoms in total. The Bertz CT molecular complexity index is 946. The molecule has 0 aliphatic heterocycles. The summed E-state index contributed by atoms with van der Waals surface area (Å²) in [6.45, 7) is 3.00. The van der Waals surface area contributed by atoms with Gasteiger partial charge in [-0.15, -0.1) is 0 Å². The third-order valence-electron chi connectivity index (χ3n) is 4.32. The average molecular weight is 354 g/mol. The molecule has 26 heavy (non-hydrogen) atoms. The van der Waals surface area contributed by atoms with Crippen LogP contribution in [-0.2, 0) is 6.54 Å². The molecule has 3 rings (SSSR count). The summed E-state index contributed by atoms with van der Waals surface area (Å²) in [6.07, 6.45) is 2.04. The molecule has 1 N–H and O–H groups in total. The van der Waals surface area contributed by atoms with E-state index in [9.17, 15) is 4.79 Å². The van der Waals surface area contributed by atoms with Crippen molar-refractivity contribution in [3.8, 4) is 17.2 Å². The van der Waals surface area contributed by atoms with Gasteiger partial charge in [0, 0.05) is 41.5 Å². The molecule has 0 atom stereocenters. The monoisotopic (exact) mass is 354 g/mol.